The first-order valence-corrected chi connectivity index (χ1v) is 6.43. The van der Waals surface area contributed by atoms with Crippen LogP contribution >= 0.6 is 0 Å². The van der Waals surface area contributed by atoms with E-state index in [9.17, 15) is 9.59 Å². The van der Waals surface area contributed by atoms with Gasteiger partial charge < -0.3 is 18.9 Å². The number of methoxy groups -OCH3 is 2. The number of carbonyl (C=O) groups is 2. The normalized spacial score (nSPS) is 11.4. The predicted octanol–water partition coefficient (Wildman–Crippen LogP) is 3.16. The summed E-state index contributed by atoms with van der Waals surface area (Å²) in [6.45, 7) is 0. The zero-order chi connectivity index (χ0) is 15.7. The van der Waals surface area contributed by atoms with E-state index in [1.165, 1.54) is 26.4 Å². The molecule has 0 saturated heterocycles. The van der Waals surface area contributed by atoms with E-state index in [2.05, 4.69) is 9.47 Å². The summed E-state index contributed by atoms with van der Waals surface area (Å²) in [5.74, 6) is 0.757. The summed E-state index contributed by atoms with van der Waals surface area (Å²) >= 11 is 0. The van der Waals surface area contributed by atoms with E-state index in [1.54, 1.807) is 24.3 Å². The Bertz CT molecular complexity index is 702. The second-order valence-electron chi connectivity index (χ2n) is 4.51. The summed E-state index contributed by atoms with van der Waals surface area (Å²) in [5, 5.41) is 0. The smallest absolute Gasteiger partial charge is 0.337 e. The summed E-state index contributed by atoms with van der Waals surface area (Å²) in [6, 6.07) is 9.46. The Morgan fingerprint density at radius 1 is 0.727 bits per heavy atom. The topological polar surface area (TPSA) is 71.1 Å². The van der Waals surface area contributed by atoms with Gasteiger partial charge in [-0.2, -0.15) is 0 Å². The molecule has 2 aromatic rings. The lowest BCUT2D eigenvalue weighted by Gasteiger charge is -2.21. The Labute approximate surface area is 126 Å². The predicted molar refractivity (Wildman–Crippen MR) is 75.7 cm³/mol. The van der Waals surface area contributed by atoms with Gasteiger partial charge in [0.05, 0.1) is 25.3 Å². The van der Waals surface area contributed by atoms with Crippen LogP contribution in [0.25, 0.3) is 0 Å². The van der Waals surface area contributed by atoms with E-state index in [-0.39, 0.29) is 0 Å². The summed E-state index contributed by atoms with van der Waals surface area (Å²) in [7, 11) is 2.61. The number of esters is 2. The van der Waals surface area contributed by atoms with Gasteiger partial charge in [0.15, 0.2) is 23.0 Å². The molecule has 3 rings (SSSR count). The van der Waals surface area contributed by atoms with E-state index in [0.717, 1.165) is 0 Å². The molecule has 112 valence electrons. The molecular weight excluding hydrogens is 288 g/mol. The first-order valence-electron chi connectivity index (χ1n) is 6.43. The van der Waals surface area contributed by atoms with E-state index in [1.807, 2.05) is 0 Å². The summed E-state index contributed by atoms with van der Waals surface area (Å²) < 4.78 is 20.7. The Balaban J connectivity index is 1.96. The highest BCUT2D eigenvalue weighted by molar-refractivity contribution is 5.91. The van der Waals surface area contributed by atoms with Crippen LogP contribution in [-0.2, 0) is 9.47 Å². The lowest BCUT2D eigenvalue weighted by Crippen LogP contribution is -2.06. The minimum absolute atomic E-state index is 0.345. The molecular formula is C16H12O6. The Hall–Kier alpha value is -3.02. The standard InChI is InChI=1S/C16H12O6/c1-19-15(17)9-3-5-11-13(7-9)22-14-8-10(16(18)20-2)4-6-12(14)21-11/h3-8H,1-2H3. The molecule has 0 spiro atoms. The zero-order valence-electron chi connectivity index (χ0n) is 11.9. The van der Waals surface area contributed by atoms with E-state index in [4.69, 9.17) is 9.47 Å². The number of carbonyl (C=O) groups excluding carboxylic acids is 2. The number of ether oxygens (including phenoxy) is 4. The first-order chi connectivity index (χ1) is 10.6. The second kappa shape index (κ2) is 5.40. The molecule has 0 N–H and O–H groups in total. The van der Waals surface area contributed by atoms with Gasteiger partial charge in [-0.05, 0) is 36.4 Å². The van der Waals surface area contributed by atoms with Crippen molar-refractivity contribution >= 4 is 11.9 Å². The minimum atomic E-state index is -0.472. The number of hydrogen-bond acceptors (Lipinski definition) is 6. The molecule has 0 unspecified atom stereocenters. The molecule has 1 aliphatic heterocycles. The van der Waals surface area contributed by atoms with E-state index in [0.29, 0.717) is 34.1 Å². The van der Waals surface area contributed by atoms with Gasteiger partial charge in [0, 0.05) is 0 Å². The van der Waals surface area contributed by atoms with Crippen LogP contribution in [0, 0.1) is 0 Å². The molecule has 1 heterocycles. The third-order valence-electron chi connectivity index (χ3n) is 3.17. The number of benzene rings is 2. The highest BCUT2D eigenvalue weighted by atomic mass is 16.6. The lowest BCUT2D eigenvalue weighted by atomic mass is 10.1. The van der Waals surface area contributed by atoms with Crippen LogP contribution in [0.4, 0.5) is 0 Å². The zero-order valence-corrected chi connectivity index (χ0v) is 11.9. The molecule has 6 heteroatoms. The van der Waals surface area contributed by atoms with Crippen molar-refractivity contribution in [3.63, 3.8) is 0 Å². The van der Waals surface area contributed by atoms with E-state index < -0.39 is 11.9 Å². The van der Waals surface area contributed by atoms with Crippen molar-refractivity contribution in [2.45, 2.75) is 0 Å². The first kappa shape index (κ1) is 13.9. The third kappa shape index (κ3) is 2.35. The van der Waals surface area contributed by atoms with Crippen LogP contribution in [0.5, 0.6) is 23.0 Å². The Morgan fingerprint density at radius 3 is 1.55 bits per heavy atom. The molecule has 0 amide bonds. The van der Waals surface area contributed by atoms with Gasteiger partial charge in [-0.25, -0.2) is 9.59 Å². The van der Waals surface area contributed by atoms with Crippen LogP contribution < -0.4 is 9.47 Å². The number of hydrogen-bond donors (Lipinski definition) is 0. The quantitative estimate of drug-likeness (QED) is 0.677. The molecule has 22 heavy (non-hydrogen) atoms. The molecule has 0 aliphatic carbocycles. The number of rotatable bonds is 2. The van der Waals surface area contributed by atoms with Crippen LogP contribution in [0.1, 0.15) is 20.7 Å². The third-order valence-corrected chi connectivity index (χ3v) is 3.17. The Kier molecular flexibility index (Phi) is 3.42. The monoisotopic (exact) mass is 300 g/mol. The number of fused-ring (bicyclic) bond motifs is 2. The fraction of sp³-hybridized carbons (Fsp3) is 0.125. The van der Waals surface area contributed by atoms with Crippen LogP contribution in [0.15, 0.2) is 36.4 Å². The molecule has 6 nitrogen and oxygen atoms in total. The molecule has 2 aromatic carbocycles. The van der Waals surface area contributed by atoms with Crippen molar-refractivity contribution in [1.82, 2.24) is 0 Å². The summed E-state index contributed by atoms with van der Waals surface area (Å²) in [6.07, 6.45) is 0. The van der Waals surface area contributed by atoms with Crippen molar-refractivity contribution in [2.24, 2.45) is 0 Å². The summed E-state index contributed by atoms with van der Waals surface area (Å²) in [4.78, 5) is 23.1. The Morgan fingerprint density at radius 2 is 1.14 bits per heavy atom. The maximum absolute atomic E-state index is 11.5. The highest BCUT2D eigenvalue weighted by Gasteiger charge is 2.22. The highest BCUT2D eigenvalue weighted by Crippen LogP contribution is 2.45. The van der Waals surface area contributed by atoms with Gasteiger partial charge in [-0.1, -0.05) is 0 Å². The fourth-order valence-electron chi connectivity index (χ4n) is 2.07. The molecule has 0 atom stereocenters. The SMILES string of the molecule is COC(=O)c1ccc2c(c1)Oc1cc(C(=O)OC)ccc1O2. The molecule has 0 aromatic heterocycles. The largest absolute Gasteiger partial charge is 0.465 e. The van der Waals surface area contributed by atoms with Crippen molar-refractivity contribution in [1.29, 1.82) is 0 Å². The van der Waals surface area contributed by atoms with Gasteiger partial charge >= 0.3 is 11.9 Å². The van der Waals surface area contributed by atoms with Gasteiger partial charge in [0.1, 0.15) is 0 Å². The molecule has 1 aliphatic rings. The lowest BCUT2D eigenvalue weighted by molar-refractivity contribution is 0.0592. The van der Waals surface area contributed by atoms with Gasteiger partial charge in [0.2, 0.25) is 0 Å². The molecule has 0 bridgehead atoms. The van der Waals surface area contributed by atoms with Gasteiger partial charge in [-0.15, -0.1) is 0 Å². The van der Waals surface area contributed by atoms with Crippen molar-refractivity contribution in [3.8, 4) is 23.0 Å². The average molecular weight is 300 g/mol. The molecule has 0 fully saturated rings. The van der Waals surface area contributed by atoms with Crippen molar-refractivity contribution in [2.75, 3.05) is 14.2 Å². The van der Waals surface area contributed by atoms with Crippen molar-refractivity contribution in [3.05, 3.63) is 47.5 Å². The van der Waals surface area contributed by atoms with Gasteiger partial charge in [-0.3, -0.25) is 0 Å². The van der Waals surface area contributed by atoms with Crippen molar-refractivity contribution < 1.29 is 28.5 Å². The molecule has 0 saturated carbocycles. The fourth-order valence-corrected chi connectivity index (χ4v) is 2.07. The second-order valence-corrected chi connectivity index (χ2v) is 4.51. The maximum atomic E-state index is 11.5. The van der Waals surface area contributed by atoms with Crippen LogP contribution in [-0.4, -0.2) is 26.2 Å². The minimum Gasteiger partial charge on any atom is -0.465 e. The summed E-state index contributed by atoms with van der Waals surface area (Å²) in [5.41, 5.74) is 0.690. The van der Waals surface area contributed by atoms with E-state index >= 15 is 0 Å². The maximum Gasteiger partial charge on any atom is 0.337 e. The van der Waals surface area contributed by atoms with Gasteiger partial charge in [0.25, 0.3) is 0 Å². The average Bonchev–Trinajstić information content (AvgIpc) is 2.57. The van der Waals surface area contributed by atoms with Crippen LogP contribution in [0.2, 0.25) is 0 Å². The van der Waals surface area contributed by atoms with Crippen LogP contribution in [0.3, 0.4) is 0 Å². The molecule has 0 radical (unpaired) electrons.